The van der Waals surface area contributed by atoms with Gasteiger partial charge in [-0.05, 0) is 26.2 Å². The quantitative estimate of drug-likeness (QED) is 0.533. The summed E-state index contributed by atoms with van der Waals surface area (Å²) >= 11 is 0. The molecule has 0 unspecified atom stereocenters. The summed E-state index contributed by atoms with van der Waals surface area (Å²) in [4.78, 5) is 21.6. The Hall–Kier alpha value is -0.970. The standard InChI is InChI=1S/C11H21NO4/c1-8(2)5-9(7-12(15)16)6-10(13)11(3,4)14/h8-9,14H,5-7H2,1-4H3/t9-/m1/s1. The van der Waals surface area contributed by atoms with E-state index in [9.17, 15) is 20.0 Å². The van der Waals surface area contributed by atoms with Crippen LogP contribution in [0.15, 0.2) is 0 Å². The van der Waals surface area contributed by atoms with Crippen molar-refractivity contribution in [2.45, 2.75) is 46.1 Å². The predicted octanol–water partition coefficient (Wildman–Crippen LogP) is 1.66. The van der Waals surface area contributed by atoms with E-state index in [4.69, 9.17) is 0 Å². The van der Waals surface area contributed by atoms with Gasteiger partial charge in [-0.1, -0.05) is 13.8 Å². The zero-order valence-electron chi connectivity index (χ0n) is 10.4. The number of aliphatic hydroxyl groups is 1. The maximum absolute atomic E-state index is 11.6. The number of nitrogens with zero attached hydrogens (tertiary/aromatic N) is 1. The number of carbonyl (C=O) groups excluding carboxylic acids is 1. The van der Waals surface area contributed by atoms with Gasteiger partial charge in [0.15, 0.2) is 5.78 Å². The van der Waals surface area contributed by atoms with Crippen molar-refractivity contribution < 1.29 is 14.8 Å². The van der Waals surface area contributed by atoms with Crippen molar-refractivity contribution in [1.29, 1.82) is 0 Å². The van der Waals surface area contributed by atoms with Gasteiger partial charge >= 0.3 is 0 Å². The van der Waals surface area contributed by atoms with Crippen LogP contribution in [0.2, 0.25) is 0 Å². The van der Waals surface area contributed by atoms with Crippen molar-refractivity contribution in [2.24, 2.45) is 11.8 Å². The Labute approximate surface area is 96.0 Å². The number of hydrogen-bond acceptors (Lipinski definition) is 4. The van der Waals surface area contributed by atoms with Crippen LogP contribution in [0, 0.1) is 22.0 Å². The average Bonchev–Trinajstić information content (AvgIpc) is 1.98. The van der Waals surface area contributed by atoms with E-state index in [1.165, 1.54) is 13.8 Å². The van der Waals surface area contributed by atoms with Crippen molar-refractivity contribution in [2.75, 3.05) is 6.54 Å². The van der Waals surface area contributed by atoms with Crippen LogP contribution in [0.1, 0.15) is 40.5 Å². The SMILES string of the molecule is CC(C)C[C@H](CC(=O)C(C)(C)O)C[N+](=O)[O-]. The lowest BCUT2D eigenvalue weighted by atomic mass is 9.88. The van der Waals surface area contributed by atoms with Gasteiger partial charge in [0, 0.05) is 17.3 Å². The monoisotopic (exact) mass is 231 g/mol. The zero-order valence-corrected chi connectivity index (χ0v) is 10.4. The van der Waals surface area contributed by atoms with Crippen LogP contribution in [0.25, 0.3) is 0 Å². The van der Waals surface area contributed by atoms with E-state index >= 15 is 0 Å². The normalized spacial score (nSPS) is 13.9. The van der Waals surface area contributed by atoms with Gasteiger partial charge in [-0.25, -0.2) is 0 Å². The molecule has 0 aliphatic rings. The molecule has 16 heavy (non-hydrogen) atoms. The van der Waals surface area contributed by atoms with E-state index < -0.39 is 10.5 Å². The first-order chi connectivity index (χ1) is 7.12. The minimum Gasteiger partial charge on any atom is -0.383 e. The molecular weight excluding hydrogens is 210 g/mol. The van der Waals surface area contributed by atoms with Crippen molar-refractivity contribution in [3.05, 3.63) is 10.1 Å². The van der Waals surface area contributed by atoms with Gasteiger partial charge in [-0.3, -0.25) is 14.9 Å². The Bertz CT molecular complexity index is 255. The maximum atomic E-state index is 11.6. The molecule has 94 valence electrons. The Morgan fingerprint density at radius 1 is 1.44 bits per heavy atom. The summed E-state index contributed by atoms with van der Waals surface area (Å²) in [6.45, 7) is 6.53. The first-order valence-corrected chi connectivity index (χ1v) is 5.50. The van der Waals surface area contributed by atoms with Gasteiger partial charge < -0.3 is 5.11 Å². The summed E-state index contributed by atoms with van der Waals surface area (Å²) in [6, 6.07) is 0. The Morgan fingerprint density at radius 3 is 2.25 bits per heavy atom. The molecule has 5 heteroatoms. The van der Waals surface area contributed by atoms with Crippen molar-refractivity contribution >= 4 is 5.78 Å². The largest absolute Gasteiger partial charge is 0.383 e. The Morgan fingerprint density at radius 2 is 1.94 bits per heavy atom. The predicted molar refractivity (Wildman–Crippen MR) is 60.7 cm³/mol. The van der Waals surface area contributed by atoms with E-state index in [0.29, 0.717) is 12.3 Å². The van der Waals surface area contributed by atoms with E-state index in [2.05, 4.69) is 0 Å². The molecule has 1 atom stereocenters. The molecule has 0 saturated heterocycles. The third kappa shape index (κ3) is 6.50. The van der Waals surface area contributed by atoms with Crippen molar-refractivity contribution in [1.82, 2.24) is 0 Å². The molecule has 1 N–H and O–H groups in total. The molecule has 0 aromatic rings. The van der Waals surface area contributed by atoms with E-state index in [1.807, 2.05) is 13.8 Å². The van der Waals surface area contributed by atoms with Crippen LogP contribution in [-0.4, -0.2) is 28.0 Å². The number of rotatable bonds is 7. The molecule has 0 heterocycles. The van der Waals surface area contributed by atoms with Crippen molar-refractivity contribution in [3.63, 3.8) is 0 Å². The highest BCUT2D eigenvalue weighted by Crippen LogP contribution is 2.19. The lowest BCUT2D eigenvalue weighted by Crippen LogP contribution is -2.34. The molecule has 0 radical (unpaired) electrons. The molecule has 0 saturated carbocycles. The number of hydrogen-bond donors (Lipinski definition) is 1. The molecule has 5 nitrogen and oxygen atoms in total. The molecule has 0 spiro atoms. The maximum Gasteiger partial charge on any atom is 0.207 e. The fourth-order valence-electron chi connectivity index (χ4n) is 1.61. The van der Waals surface area contributed by atoms with Gasteiger partial charge in [-0.15, -0.1) is 0 Å². The highest BCUT2D eigenvalue weighted by molar-refractivity contribution is 5.86. The third-order valence-corrected chi connectivity index (χ3v) is 2.37. The number of nitro groups is 1. The fraction of sp³-hybridized carbons (Fsp3) is 0.909. The summed E-state index contributed by atoms with van der Waals surface area (Å²) < 4.78 is 0. The summed E-state index contributed by atoms with van der Waals surface area (Å²) in [5.74, 6) is -0.312. The van der Waals surface area contributed by atoms with Gasteiger partial charge in [0.25, 0.3) is 0 Å². The lowest BCUT2D eigenvalue weighted by Gasteiger charge is -2.20. The zero-order chi connectivity index (χ0) is 12.9. The average molecular weight is 231 g/mol. The van der Waals surface area contributed by atoms with Gasteiger partial charge in [0.05, 0.1) is 0 Å². The summed E-state index contributed by atoms with van der Waals surface area (Å²) in [7, 11) is 0. The molecule has 0 aliphatic carbocycles. The van der Waals surface area contributed by atoms with Gasteiger partial charge in [0.2, 0.25) is 6.54 Å². The first kappa shape index (κ1) is 15.0. The van der Waals surface area contributed by atoms with Crippen LogP contribution in [0.3, 0.4) is 0 Å². The molecule has 0 aliphatic heterocycles. The number of Topliss-reactive ketones (excluding diaryl/α,β-unsaturated/α-hetero) is 1. The van der Waals surface area contributed by atoms with Crippen LogP contribution in [0.4, 0.5) is 0 Å². The molecule has 0 bridgehead atoms. The van der Waals surface area contributed by atoms with Crippen LogP contribution >= 0.6 is 0 Å². The Kier molecular flexibility index (Phi) is 5.58. The topological polar surface area (TPSA) is 80.4 Å². The minimum absolute atomic E-state index is 0.0721. The second-order valence-corrected chi connectivity index (χ2v) is 5.20. The van der Waals surface area contributed by atoms with E-state index in [-0.39, 0.29) is 24.7 Å². The summed E-state index contributed by atoms with van der Waals surface area (Å²) in [5, 5.41) is 19.9. The molecule has 0 rings (SSSR count). The van der Waals surface area contributed by atoms with Crippen molar-refractivity contribution in [3.8, 4) is 0 Å². The molecule has 0 fully saturated rings. The Balaban J connectivity index is 4.42. The lowest BCUT2D eigenvalue weighted by molar-refractivity contribution is -0.488. The molecule has 0 aromatic carbocycles. The first-order valence-electron chi connectivity index (χ1n) is 5.50. The third-order valence-electron chi connectivity index (χ3n) is 2.37. The molecule has 0 amide bonds. The summed E-state index contributed by atoms with van der Waals surface area (Å²) in [6.07, 6.45) is 0.700. The number of carbonyl (C=O) groups is 1. The van der Waals surface area contributed by atoms with Crippen LogP contribution in [-0.2, 0) is 4.79 Å². The number of ketones is 1. The van der Waals surface area contributed by atoms with Crippen LogP contribution in [0.5, 0.6) is 0 Å². The van der Waals surface area contributed by atoms with E-state index in [0.717, 1.165) is 0 Å². The molecule has 0 aromatic heterocycles. The minimum atomic E-state index is -1.40. The fourth-order valence-corrected chi connectivity index (χ4v) is 1.61. The van der Waals surface area contributed by atoms with E-state index in [1.54, 1.807) is 0 Å². The second-order valence-electron chi connectivity index (χ2n) is 5.20. The second kappa shape index (κ2) is 5.94. The van der Waals surface area contributed by atoms with Crippen LogP contribution < -0.4 is 0 Å². The van der Waals surface area contributed by atoms with Gasteiger partial charge in [-0.2, -0.15) is 0 Å². The highest BCUT2D eigenvalue weighted by Gasteiger charge is 2.28. The highest BCUT2D eigenvalue weighted by atomic mass is 16.6. The smallest absolute Gasteiger partial charge is 0.207 e. The summed E-state index contributed by atoms with van der Waals surface area (Å²) in [5.41, 5.74) is -1.40. The van der Waals surface area contributed by atoms with Gasteiger partial charge in [0.1, 0.15) is 5.60 Å². The molecular formula is C11H21NO4.